The van der Waals surface area contributed by atoms with Crippen molar-refractivity contribution in [1.82, 2.24) is 0 Å². The second-order valence-electron chi connectivity index (χ2n) is 4.35. The van der Waals surface area contributed by atoms with Crippen molar-refractivity contribution in [1.29, 1.82) is 0 Å². The fraction of sp³-hybridized carbons (Fsp3) is 0.0714. The summed E-state index contributed by atoms with van der Waals surface area (Å²) >= 11 is 9.25. The minimum Gasteiger partial charge on any atom is -0.321 e. The molecule has 2 aromatic rings. The molecule has 0 radical (unpaired) electrons. The molecule has 0 atom stereocenters. The molecule has 21 heavy (non-hydrogen) atoms. The standard InChI is InChI=1S/C14H11BrClNO3S/c1-21(19,20)13-5-3-2-4-12(13)17-14(18)10-8-9(15)6-7-11(10)16/h2-8H,1H3,(H,17,18). The van der Waals surface area contributed by atoms with Crippen molar-refractivity contribution in [3.05, 3.63) is 57.5 Å². The van der Waals surface area contributed by atoms with Crippen LogP contribution in [0.1, 0.15) is 10.4 Å². The maximum Gasteiger partial charge on any atom is 0.257 e. The zero-order valence-electron chi connectivity index (χ0n) is 10.9. The molecule has 0 aromatic heterocycles. The molecular weight excluding hydrogens is 378 g/mol. The van der Waals surface area contributed by atoms with E-state index in [-0.39, 0.29) is 21.2 Å². The lowest BCUT2D eigenvalue weighted by Gasteiger charge is -2.10. The van der Waals surface area contributed by atoms with Gasteiger partial charge in [0.2, 0.25) is 0 Å². The number of para-hydroxylation sites is 1. The highest BCUT2D eigenvalue weighted by Gasteiger charge is 2.17. The first-order valence-corrected chi connectivity index (χ1v) is 8.91. The van der Waals surface area contributed by atoms with Crippen molar-refractivity contribution in [2.75, 3.05) is 11.6 Å². The lowest BCUT2D eigenvalue weighted by atomic mass is 10.2. The number of nitrogens with one attached hydrogen (secondary N) is 1. The number of halogens is 2. The van der Waals surface area contributed by atoms with Crippen LogP contribution in [-0.2, 0) is 9.84 Å². The van der Waals surface area contributed by atoms with Gasteiger partial charge in [0.25, 0.3) is 5.91 Å². The van der Waals surface area contributed by atoms with Crippen molar-refractivity contribution in [2.24, 2.45) is 0 Å². The van der Waals surface area contributed by atoms with Crippen LogP contribution in [0.2, 0.25) is 5.02 Å². The number of hydrogen-bond acceptors (Lipinski definition) is 3. The van der Waals surface area contributed by atoms with Crippen LogP contribution < -0.4 is 5.32 Å². The summed E-state index contributed by atoms with van der Waals surface area (Å²) in [6, 6.07) is 11.1. The SMILES string of the molecule is CS(=O)(=O)c1ccccc1NC(=O)c1cc(Br)ccc1Cl. The van der Waals surface area contributed by atoms with Crippen LogP contribution in [-0.4, -0.2) is 20.6 Å². The Hall–Kier alpha value is -1.37. The second kappa shape index (κ2) is 6.17. The van der Waals surface area contributed by atoms with Crippen LogP contribution in [0.5, 0.6) is 0 Å². The number of carbonyl (C=O) groups excluding carboxylic acids is 1. The summed E-state index contributed by atoms with van der Waals surface area (Å²) in [5.74, 6) is -0.475. The molecule has 2 rings (SSSR count). The number of hydrogen-bond donors (Lipinski definition) is 1. The molecule has 1 N–H and O–H groups in total. The van der Waals surface area contributed by atoms with Crippen molar-refractivity contribution in [3.8, 4) is 0 Å². The lowest BCUT2D eigenvalue weighted by molar-refractivity contribution is 0.102. The molecule has 0 bridgehead atoms. The molecule has 0 saturated heterocycles. The average molecular weight is 389 g/mol. The van der Waals surface area contributed by atoms with Gasteiger partial charge in [0.05, 0.1) is 21.2 Å². The van der Waals surface area contributed by atoms with Gasteiger partial charge < -0.3 is 5.32 Å². The minimum absolute atomic E-state index is 0.0597. The highest BCUT2D eigenvalue weighted by molar-refractivity contribution is 9.10. The monoisotopic (exact) mass is 387 g/mol. The van der Waals surface area contributed by atoms with E-state index in [1.54, 1.807) is 30.3 Å². The van der Waals surface area contributed by atoms with E-state index in [9.17, 15) is 13.2 Å². The van der Waals surface area contributed by atoms with Gasteiger partial charge in [0.1, 0.15) is 0 Å². The zero-order valence-corrected chi connectivity index (χ0v) is 14.1. The smallest absolute Gasteiger partial charge is 0.257 e. The molecule has 4 nitrogen and oxygen atoms in total. The minimum atomic E-state index is -3.44. The third-order valence-electron chi connectivity index (χ3n) is 2.71. The fourth-order valence-corrected chi connectivity index (χ4v) is 3.16. The molecular formula is C14H11BrClNO3S. The first kappa shape index (κ1) is 16.0. The van der Waals surface area contributed by atoms with Gasteiger partial charge in [-0.3, -0.25) is 4.79 Å². The van der Waals surface area contributed by atoms with Crippen LogP contribution in [0.25, 0.3) is 0 Å². The molecule has 0 saturated carbocycles. The Labute approximate surface area is 136 Å². The van der Waals surface area contributed by atoms with Crippen molar-refractivity contribution in [3.63, 3.8) is 0 Å². The van der Waals surface area contributed by atoms with Crippen molar-refractivity contribution >= 4 is 49.0 Å². The van der Waals surface area contributed by atoms with Gasteiger partial charge >= 0.3 is 0 Å². The molecule has 0 heterocycles. The van der Waals surface area contributed by atoms with E-state index in [1.807, 2.05) is 0 Å². The Balaban J connectivity index is 2.39. The molecule has 0 aliphatic heterocycles. The quantitative estimate of drug-likeness (QED) is 0.871. The van der Waals surface area contributed by atoms with E-state index in [1.165, 1.54) is 12.1 Å². The van der Waals surface area contributed by atoms with Crippen LogP contribution in [0.15, 0.2) is 51.8 Å². The third kappa shape index (κ3) is 3.84. The molecule has 0 aliphatic rings. The third-order valence-corrected chi connectivity index (χ3v) is 4.69. The van der Waals surface area contributed by atoms with Gasteiger partial charge in [-0.15, -0.1) is 0 Å². The van der Waals surface area contributed by atoms with Gasteiger partial charge in [0, 0.05) is 10.7 Å². The summed E-state index contributed by atoms with van der Waals surface area (Å²) in [7, 11) is -3.44. The molecule has 0 spiro atoms. The van der Waals surface area contributed by atoms with E-state index in [0.717, 1.165) is 6.26 Å². The number of rotatable bonds is 3. The van der Waals surface area contributed by atoms with E-state index < -0.39 is 15.7 Å². The zero-order chi connectivity index (χ0) is 15.6. The normalized spacial score (nSPS) is 11.2. The number of benzene rings is 2. The lowest BCUT2D eigenvalue weighted by Crippen LogP contribution is -2.15. The molecule has 110 valence electrons. The summed E-state index contributed by atoms with van der Waals surface area (Å²) in [4.78, 5) is 12.3. The highest BCUT2D eigenvalue weighted by atomic mass is 79.9. The molecule has 1 amide bonds. The fourth-order valence-electron chi connectivity index (χ4n) is 1.75. The Morgan fingerprint density at radius 3 is 2.52 bits per heavy atom. The maximum absolute atomic E-state index is 12.3. The van der Waals surface area contributed by atoms with Gasteiger partial charge in [-0.05, 0) is 30.3 Å². The predicted octanol–water partition coefficient (Wildman–Crippen LogP) is 3.76. The van der Waals surface area contributed by atoms with Gasteiger partial charge in [0.15, 0.2) is 9.84 Å². The van der Waals surface area contributed by atoms with Gasteiger partial charge in [-0.25, -0.2) is 8.42 Å². The largest absolute Gasteiger partial charge is 0.321 e. The van der Waals surface area contributed by atoms with Gasteiger partial charge in [-0.1, -0.05) is 39.7 Å². The summed E-state index contributed by atoms with van der Waals surface area (Å²) in [6.45, 7) is 0. The van der Waals surface area contributed by atoms with Gasteiger partial charge in [-0.2, -0.15) is 0 Å². The van der Waals surface area contributed by atoms with Crippen LogP contribution in [0.3, 0.4) is 0 Å². The Morgan fingerprint density at radius 1 is 1.19 bits per heavy atom. The molecule has 7 heteroatoms. The Morgan fingerprint density at radius 2 is 1.86 bits per heavy atom. The summed E-state index contributed by atoms with van der Waals surface area (Å²) in [5, 5.41) is 2.86. The topological polar surface area (TPSA) is 63.2 Å². The second-order valence-corrected chi connectivity index (χ2v) is 7.65. The summed E-state index contributed by atoms with van der Waals surface area (Å²) in [6.07, 6.45) is 1.09. The molecule has 0 unspecified atom stereocenters. The van der Waals surface area contributed by atoms with Crippen LogP contribution >= 0.6 is 27.5 Å². The molecule has 0 aliphatic carbocycles. The number of sulfone groups is 1. The van der Waals surface area contributed by atoms with Crippen molar-refractivity contribution in [2.45, 2.75) is 4.90 Å². The number of carbonyl (C=O) groups is 1. The highest BCUT2D eigenvalue weighted by Crippen LogP contribution is 2.25. The van der Waals surface area contributed by atoms with E-state index >= 15 is 0 Å². The predicted molar refractivity (Wildman–Crippen MR) is 86.7 cm³/mol. The molecule has 0 fully saturated rings. The first-order chi connectivity index (χ1) is 9.79. The Bertz CT molecular complexity index is 806. The van der Waals surface area contributed by atoms with E-state index in [4.69, 9.17) is 11.6 Å². The maximum atomic E-state index is 12.3. The van der Waals surface area contributed by atoms with Crippen molar-refractivity contribution < 1.29 is 13.2 Å². The number of anilines is 1. The average Bonchev–Trinajstić information content (AvgIpc) is 2.41. The van der Waals surface area contributed by atoms with E-state index in [2.05, 4.69) is 21.2 Å². The van der Waals surface area contributed by atoms with Crippen LogP contribution in [0, 0.1) is 0 Å². The summed E-state index contributed by atoms with van der Waals surface area (Å²) in [5.41, 5.74) is 0.482. The Kier molecular flexibility index (Phi) is 4.70. The van der Waals surface area contributed by atoms with Crippen LogP contribution in [0.4, 0.5) is 5.69 Å². The first-order valence-electron chi connectivity index (χ1n) is 5.84. The van der Waals surface area contributed by atoms with E-state index in [0.29, 0.717) is 4.47 Å². The summed E-state index contributed by atoms with van der Waals surface area (Å²) < 4.78 is 24.1. The molecule has 2 aromatic carbocycles. The number of amides is 1.